The zero-order valence-corrected chi connectivity index (χ0v) is 17.1. The summed E-state index contributed by atoms with van der Waals surface area (Å²) in [6, 6.07) is 17.5. The van der Waals surface area contributed by atoms with Crippen molar-refractivity contribution in [2.24, 2.45) is 0 Å². The molecule has 0 aliphatic heterocycles. The number of amides is 2. The maximum atomic E-state index is 12.1. The Bertz CT molecular complexity index is 990. The number of carbonyl (C=O) groups is 2. The fourth-order valence-electron chi connectivity index (χ4n) is 3.00. The molecule has 29 heavy (non-hydrogen) atoms. The van der Waals surface area contributed by atoms with Crippen LogP contribution in [0.1, 0.15) is 32.8 Å². The summed E-state index contributed by atoms with van der Waals surface area (Å²) in [6.07, 6.45) is 2.88. The number of carbonyl (C=O) groups excluding carboxylic acids is 2. The fraction of sp³-hybridized carbons (Fsp3) is 0.304. The molecule has 2 N–H and O–H groups in total. The number of ether oxygens (including phenoxy) is 1. The van der Waals surface area contributed by atoms with Gasteiger partial charge in [0.1, 0.15) is 12.3 Å². The van der Waals surface area contributed by atoms with Crippen molar-refractivity contribution in [2.75, 3.05) is 6.61 Å². The van der Waals surface area contributed by atoms with Gasteiger partial charge >= 0.3 is 0 Å². The number of nitrogens with zero attached hydrogens (tertiary/aromatic N) is 1. The number of hydrogen-bond donors (Lipinski definition) is 2. The molecule has 152 valence electrons. The van der Waals surface area contributed by atoms with Crippen LogP contribution in [0.3, 0.4) is 0 Å². The van der Waals surface area contributed by atoms with E-state index in [1.807, 2.05) is 65.4 Å². The molecule has 1 aromatic heterocycles. The average molecular weight is 393 g/mol. The predicted molar refractivity (Wildman–Crippen MR) is 113 cm³/mol. The van der Waals surface area contributed by atoms with Gasteiger partial charge in [0, 0.05) is 11.7 Å². The van der Waals surface area contributed by atoms with E-state index in [0.717, 1.165) is 17.3 Å². The Balaban J connectivity index is 1.44. The van der Waals surface area contributed by atoms with E-state index >= 15 is 0 Å². The number of aromatic nitrogens is 1. The SMILES string of the molecule is CCC(C)(C)c1ccc(OCC(=O)NNC(=O)Cn2ccc3ccccc32)cc1. The lowest BCUT2D eigenvalue weighted by molar-refractivity contribution is -0.130. The summed E-state index contributed by atoms with van der Waals surface area (Å²) in [7, 11) is 0. The molecule has 0 radical (unpaired) electrons. The van der Waals surface area contributed by atoms with E-state index in [1.54, 1.807) is 0 Å². The third kappa shape index (κ3) is 5.16. The molecular weight excluding hydrogens is 366 g/mol. The average Bonchev–Trinajstić information content (AvgIpc) is 3.14. The highest BCUT2D eigenvalue weighted by atomic mass is 16.5. The van der Waals surface area contributed by atoms with Crippen molar-refractivity contribution < 1.29 is 14.3 Å². The first-order chi connectivity index (χ1) is 13.9. The zero-order chi connectivity index (χ0) is 20.9. The lowest BCUT2D eigenvalue weighted by Gasteiger charge is -2.23. The van der Waals surface area contributed by atoms with Crippen LogP contribution in [-0.4, -0.2) is 23.0 Å². The van der Waals surface area contributed by atoms with E-state index in [2.05, 4.69) is 31.6 Å². The largest absolute Gasteiger partial charge is 0.484 e. The van der Waals surface area contributed by atoms with Crippen LogP contribution in [0.15, 0.2) is 60.8 Å². The van der Waals surface area contributed by atoms with E-state index in [0.29, 0.717) is 5.75 Å². The van der Waals surface area contributed by atoms with Gasteiger partial charge in [-0.15, -0.1) is 0 Å². The predicted octanol–water partition coefficient (Wildman–Crippen LogP) is 3.56. The van der Waals surface area contributed by atoms with Crippen molar-refractivity contribution in [1.29, 1.82) is 0 Å². The molecule has 3 rings (SSSR count). The van der Waals surface area contributed by atoms with Gasteiger partial charge in [-0.3, -0.25) is 20.4 Å². The van der Waals surface area contributed by atoms with Gasteiger partial charge < -0.3 is 9.30 Å². The van der Waals surface area contributed by atoms with Crippen molar-refractivity contribution in [3.05, 3.63) is 66.4 Å². The molecule has 2 amide bonds. The first kappa shape index (κ1) is 20.5. The van der Waals surface area contributed by atoms with E-state index in [-0.39, 0.29) is 24.5 Å². The Labute approximate surface area is 170 Å². The fourth-order valence-corrected chi connectivity index (χ4v) is 3.00. The molecule has 0 spiro atoms. The maximum absolute atomic E-state index is 12.1. The Morgan fingerprint density at radius 1 is 0.966 bits per heavy atom. The second-order valence-corrected chi connectivity index (χ2v) is 7.65. The molecule has 0 saturated carbocycles. The van der Waals surface area contributed by atoms with Crippen molar-refractivity contribution in [3.8, 4) is 5.75 Å². The van der Waals surface area contributed by atoms with Crippen LogP contribution in [0.4, 0.5) is 0 Å². The molecule has 6 heteroatoms. The number of hydrazine groups is 1. The molecule has 0 aliphatic carbocycles. The van der Waals surface area contributed by atoms with E-state index in [1.165, 1.54) is 5.56 Å². The number of benzene rings is 2. The second kappa shape index (κ2) is 8.82. The van der Waals surface area contributed by atoms with Gasteiger partial charge in [0.05, 0.1) is 0 Å². The van der Waals surface area contributed by atoms with Gasteiger partial charge in [0.25, 0.3) is 11.8 Å². The Morgan fingerprint density at radius 2 is 1.66 bits per heavy atom. The molecule has 0 bridgehead atoms. The van der Waals surface area contributed by atoms with Crippen molar-refractivity contribution >= 4 is 22.7 Å². The van der Waals surface area contributed by atoms with Crippen LogP contribution in [0.5, 0.6) is 5.75 Å². The minimum atomic E-state index is -0.423. The number of fused-ring (bicyclic) bond motifs is 1. The first-order valence-corrected chi connectivity index (χ1v) is 9.74. The summed E-state index contributed by atoms with van der Waals surface area (Å²) < 4.78 is 7.32. The summed E-state index contributed by atoms with van der Waals surface area (Å²) in [6.45, 7) is 6.47. The lowest BCUT2D eigenvalue weighted by atomic mass is 9.82. The number of hydrogen-bond acceptors (Lipinski definition) is 3. The van der Waals surface area contributed by atoms with Crippen LogP contribution < -0.4 is 15.6 Å². The van der Waals surface area contributed by atoms with Gasteiger partial charge in [-0.05, 0) is 47.1 Å². The summed E-state index contributed by atoms with van der Waals surface area (Å²) in [5, 5.41) is 1.06. The number of nitrogens with one attached hydrogen (secondary N) is 2. The van der Waals surface area contributed by atoms with Crippen LogP contribution in [-0.2, 0) is 21.5 Å². The van der Waals surface area contributed by atoms with Crippen LogP contribution in [0, 0.1) is 0 Å². The van der Waals surface area contributed by atoms with Gasteiger partial charge in [0.15, 0.2) is 6.61 Å². The summed E-state index contributed by atoms with van der Waals surface area (Å²) in [4.78, 5) is 24.1. The maximum Gasteiger partial charge on any atom is 0.276 e. The topological polar surface area (TPSA) is 72.4 Å². The standard InChI is InChI=1S/C23H27N3O3/c1-4-23(2,3)18-9-11-19(12-10-18)29-16-22(28)25-24-21(27)15-26-14-13-17-7-5-6-8-20(17)26/h5-14H,4,15-16H2,1-3H3,(H,24,27)(H,25,28). The molecule has 0 fully saturated rings. The van der Waals surface area contributed by atoms with Crippen molar-refractivity contribution in [3.63, 3.8) is 0 Å². The monoisotopic (exact) mass is 393 g/mol. The highest BCUT2D eigenvalue weighted by Gasteiger charge is 2.17. The van der Waals surface area contributed by atoms with E-state index in [4.69, 9.17) is 4.74 Å². The van der Waals surface area contributed by atoms with Crippen molar-refractivity contribution in [2.45, 2.75) is 39.2 Å². The molecule has 0 saturated heterocycles. The van der Waals surface area contributed by atoms with Gasteiger partial charge in [0.2, 0.25) is 0 Å². The smallest absolute Gasteiger partial charge is 0.276 e. The lowest BCUT2D eigenvalue weighted by Crippen LogP contribution is -2.45. The normalized spacial score (nSPS) is 11.3. The molecular formula is C23H27N3O3. The first-order valence-electron chi connectivity index (χ1n) is 9.74. The highest BCUT2D eigenvalue weighted by molar-refractivity contribution is 5.85. The highest BCUT2D eigenvalue weighted by Crippen LogP contribution is 2.28. The Hall–Kier alpha value is -3.28. The van der Waals surface area contributed by atoms with Gasteiger partial charge in [-0.1, -0.05) is 51.1 Å². The minimum Gasteiger partial charge on any atom is -0.484 e. The Kier molecular flexibility index (Phi) is 6.22. The Morgan fingerprint density at radius 3 is 2.38 bits per heavy atom. The van der Waals surface area contributed by atoms with Crippen LogP contribution in [0.25, 0.3) is 10.9 Å². The van der Waals surface area contributed by atoms with Crippen LogP contribution >= 0.6 is 0 Å². The summed E-state index contributed by atoms with van der Waals surface area (Å²) in [5.74, 6) is -0.125. The minimum absolute atomic E-state index is 0.102. The molecule has 2 aromatic carbocycles. The third-order valence-corrected chi connectivity index (χ3v) is 5.23. The number of rotatable bonds is 7. The molecule has 0 aliphatic rings. The summed E-state index contributed by atoms with van der Waals surface area (Å²) >= 11 is 0. The molecule has 3 aromatic rings. The van der Waals surface area contributed by atoms with Crippen LogP contribution in [0.2, 0.25) is 0 Å². The molecule has 6 nitrogen and oxygen atoms in total. The summed E-state index contributed by atoms with van der Waals surface area (Å²) in [5.41, 5.74) is 7.09. The third-order valence-electron chi connectivity index (χ3n) is 5.23. The quantitative estimate of drug-likeness (QED) is 0.603. The van der Waals surface area contributed by atoms with E-state index in [9.17, 15) is 9.59 Å². The van der Waals surface area contributed by atoms with Gasteiger partial charge in [-0.25, -0.2) is 0 Å². The molecule has 0 unspecified atom stereocenters. The zero-order valence-electron chi connectivity index (χ0n) is 17.1. The van der Waals surface area contributed by atoms with Gasteiger partial charge in [-0.2, -0.15) is 0 Å². The molecule has 0 atom stereocenters. The second-order valence-electron chi connectivity index (χ2n) is 7.65. The number of para-hydroxylation sites is 1. The van der Waals surface area contributed by atoms with E-state index < -0.39 is 5.91 Å². The van der Waals surface area contributed by atoms with Crippen molar-refractivity contribution in [1.82, 2.24) is 15.4 Å². The molecule has 1 heterocycles.